The lowest BCUT2D eigenvalue weighted by molar-refractivity contribution is 0.926. The largest absolute Gasteiger partial charge is 0.337 e. The Bertz CT molecular complexity index is 804. The van der Waals surface area contributed by atoms with Crippen LogP contribution in [0, 0.1) is 4.77 Å². The van der Waals surface area contributed by atoms with E-state index in [1.54, 1.807) is 0 Å². The Labute approximate surface area is 124 Å². The molecule has 0 atom stereocenters. The summed E-state index contributed by atoms with van der Waals surface area (Å²) in [6.45, 7) is 2.11. The highest BCUT2D eigenvalue weighted by Crippen LogP contribution is 2.24. The highest BCUT2D eigenvalue weighted by Gasteiger charge is 2.09. The smallest absolute Gasteiger partial charge is 0.182 e. The van der Waals surface area contributed by atoms with Crippen molar-refractivity contribution in [3.05, 3.63) is 51.6 Å². The van der Waals surface area contributed by atoms with E-state index in [1.165, 1.54) is 0 Å². The van der Waals surface area contributed by atoms with Gasteiger partial charge in [-0.05, 0) is 46.7 Å². The summed E-state index contributed by atoms with van der Waals surface area (Å²) in [5.41, 5.74) is 3.13. The lowest BCUT2D eigenvalue weighted by atomic mass is 10.2. The molecule has 0 spiro atoms. The first-order valence-electron chi connectivity index (χ1n) is 6.04. The van der Waals surface area contributed by atoms with Crippen molar-refractivity contribution in [1.29, 1.82) is 0 Å². The molecule has 0 aliphatic carbocycles. The number of nitrogens with one attached hydrogen (secondary N) is 1. The lowest BCUT2D eigenvalue weighted by Gasteiger charge is -2.10. The quantitative estimate of drug-likeness (QED) is 0.705. The second-order valence-electron chi connectivity index (χ2n) is 4.28. The number of imidazole rings is 1. The van der Waals surface area contributed by atoms with Crippen molar-refractivity contribution >= 4 is 39.1 Å². The summed E-state index contributed by atoms with van der Waals surface area (Å²) in [5, 5.41) is 1.09. The van der Waals surface area contributed by atoms with Gasteiger partial charge in [0.15, 0.2) is 4.77 Å². The fourth-order valence-electron chi connectivity index (χ4n) is 2.23. The molecule has 0 aliphatic heterocycles. The standard InChI is InChI=1S/C14H12BrN3S/c1-2-11-8-17-14(19)18(11)12-5-3-4-9-6-10(15)7-16-13(9)12/h3-8H,2H2,1H3,(H,17,19). The molecule has 3 rings (SSSR count). The summed E-state index contributed by atoms with van der Waals surface area (Å²) < 4.78 is 3.73. The third-order valence-electron chi connectivity index (χ3n) is 3.11. The van der Waals surface area contributed by atoms with Crippen LogP contribution in [-0.2, 0) is 6.42 Å². The normalized spacial score (nSPS) is 11.1. The maximum Gasteiger partial charge on any atom is 0.182 e. The number of pyridine rings is 1. The van der Waals surface area contributed by atoms with Crippen molar-refractivity contribution in [3.8, 4) is 5.69 Å². The minimum Gasteiger partial charge on any atom is -0.337 e. The Morgan fingerprint density at radius 2 is 2.26 bits per heavy atom. The molecule has 0 fully saturated rings. The number of benzene rings is 1. The zero-order valence-corrected chi connectivity index (χ0v) is 12.8. The molecular formula is C14H12BrN3S. The number of hydrogen-bond donors (Lipinski definition) is 1. The molecular weight excluding hydrogens is 322 g/mol. The van der Waals surface area contributed by atoms with Crippen LogP contribution in [0.15, 0.2) is 41.1 Å². The molecule has 1 N–H and O–H groups in total. The van der Waals surface area contributed by atoms with Gasteiger partial charge < -0.3 is 4.98 Å². The number of para-hydroxylation sites is 1. The van der Waals surface area contributed by atoms with Crippen molar-refractivity contribution in [1.82, 2.24) is 14.5 Å². The van der Waals surface area contributed by atoms with Crippen molar-refractivity contribution in [2.24, 2.45) is 0 Å². The summed E-state index contributed by atoms with van der Waals surface area (Å²) in [5.74, 6) is 0. The van der Waals surface area contributed by atoms with Crippen molar-refractivity contribution in [2.75, 3.05) is 0 Å². The summed E-state index contributed by atoms with van der Waals surface area (Å²) in [6.07, 6.45) is 4.69. The van der Waals surface area contributed by atoms with Gasteiger partial charge in [0.1, 0.15) is 0 Å². The van der Waals surface area contributed by atoms with Gasteiger partial charge in [-0.3, -0.25) is 9.55 Å². The van der Waals surface area contributed by atoms with Crippen LogP contribution in [0.2, 0.25) is 0 Å². The van der Waals surface area contributed by atoms with Crippen LogP contribution in [0.25, 0.3) is 16.6 Å². The van der Waals surface area contributed by atoms with E-state index in [1.807, 2.05) is 24.5 Å². The first-order chi connectivity index (χ1) is 9.20. The van der Waals surface area contributed by atoms with Crippen LogP contribution in [-0.4, -0.2) is 14.5 Å². The third-order valence-corrected chi connectivity index (χ3v) is 3.85. The van der Waals surface area contributed by atoms with Gasteiger partial charge in [-0.15, -0.1) is 0 Å². The average Bonchev–Trinajstić information content (AvgIpc) is 2.78. The van der Waals surface area contributed by atoms with E-state index in [0.717, 1.165) is 33.2 Å². The maximum atomic E-state index is 5.38. The van der Waals surface area contributed by atoms with Crippen LogP contribution in [0.3, 0.4) is 0 Å². The van der Waals surface area contributed by atoms with E-state index >= 15 is 0 Å². The predicted molar refractivity (Wildman–Crippen MR) is 83.3 cm³/mol. The third kappa shape index (κ3) is 2.13. The fraction of sp³-hybridized carbons (Fsp3) is 0.143. The Balaban J connectivity index is 2.37. The van der Waals surface area contributed by atoms with Crippen LogP contribution in [0.4, 0.5) is 0 Å². The molecule has 0 radical (unpaired) electrons. The molecule has 0 aliphatic rings. The minimum atomic E-state index is 0.703. The number of hydrogen-bond acceptors (Lipinski definition) is 2. The number of halogens is 1. The first kappa shape index (κ1) is 12.6. The highest BCUT2D eigenvalue weighted by atomic mass is 79.9. The number of aryl methyl sites for hydroxylation is 1. The van der Waals surface area contributed by atoms with Crippen LogP contribution < -0.4 is 0 Å². The van der Waals surface area contributed by atoms with Crippen molar-refractivity contribution in [3.63, 3.8) is 0 Å². The maximum absolute atomic E-state index is 5.38. The number of aromatic nitrogens is 3. The molecule has 0 amide bonds. The molecule has 5 heteroatoms. The van der Waals surface area contributed by atoms with Gasteiger partial charge in [-0.2, -0.15) is 0 Å². The van der Waals surface area contributed by atoms with Crippen LogP contribution in [0.1, 0.15) is 12.6 Å². The fourth-order valence-corrected chi connectivity index (χ4v) is 2.85. The van der Waals surface area contributed by atoms with Gasteiger partial charge in [0, 0.05) is 27.9 Å². The van der Waals surface area contributed by atoms with E-state index in [9.17, 15) is 0 Å². The predicted octanol–water partition coefficient (Wildman–Crippen LogP) is 4.41. The van der Waals surface area contributed by atoms with Gasteiger partial charge in [0.2, 0.25) is 0 Å². The van der Waals surface area contributed by atoms with Gasteiger partial charge in [-0.25, -0.2) is 0 Å². The summed E-state index contributed by atoms with van der Waals surface area (Å²) >= 11 is 8.83. The van der Waals surface area contributed by atoms with Crippen LogP contribution in [0.5, 0.6) is 0 Å². The van der Waals surface area contributed by atoms with Crippen molar-refractivity contribution in [2.45, 2.75) is 13.3 Å². The topological polar surface area (TPSA) is 33.6 Å². The van der Waals surface area contributed by atoms with Crippen molar-refractivity contribution < 1.29 is 0 Å². The number of nitrogens with zero attached hydrogens (tertiary/aromatic N) is 2. The molecule has 2 aromatic heterocycles. The van der Waals surface area contributed by atoms with Gasteiger partial charge in [-0.1, -0.05) is 19.1 Å². The van der Waals surface area contributed by atoms with Gasteiger partial charge >= 0.3 is 0 Å². The Kier molecular flexibility index (Phi) is 3.24. The second kappa shape index (κ2) is 4.90. The zero-order chi connectivity index (χ0) is 13.4. The summed E-state index contributed by atoms with van der Waals surface area (Å²) in [6, 6.07) is 8.19. The summed E-state index contributed by atoms with van der Waals surface area (Å²) in [7, 11) is 0. The molecule has 0 saturated heterocycles. The lowest BCUT2D eigenvalue weighted by Crippen LogP contribution is -2.01. The molecule has 19 heavy (non-hydrogen) atoms. The number of H-pyrrole nitrogens is 1. The molecule has 3 nitrogen and oxygen atoms in total. The number of rotatable bonds is 2. The van der Waals surface area contributed by atoms with E-state index in [4.69, 9.17) is 12.2 Å². The summed E-state index contributed by atoms with van der Waals surface area (Å²) in [4.78, 5) is 7.63. The van der Waals surface area contributed by atoms with Crippen LogP contribution >= 0.6 is 28.1 Å². The molecule has 1 aromatic carbocycles. The van der Waals surface area contributed by atoms with E-state index in [0.29, 0.717) is 4.77 Å². The SMILES string of the molecule is CCc1c[nH]c(=S)n1-c1cccc2cc(Br)cnc12. The minimum absolute atomic E-state index is 0.703. The number of fused-ring (bicyclic) bond motifs is 1. The molecule has 0 unspecified atom stereocenters. The van der Waals surface area contributed by atoms with Gasteiger partial charge in [0.05, 0.1) is 11.2 Å². The molecule has 0 bridgehead atoms. The van der Waals surface area contributed by atoms with E-state index in [-0.39, 0.29) is 0 Å². The van der Waals surface area contributed by atoms with E-state index < -0.39 is 0 Å². The highest BCUT2D eigenvalue weighted by molar-refractivity contribution is 9.10. The average molecular weight is 334 g/mol. The van der Waals surface area contributed by atoms with E-state index in [2.05, 4.69) is 49.5 Å². The molecule has 96 valence electrons. The van der Waals surface area contributed by atoms with Gasteiger partial charge in [0.25, 0.3) is 0 Å². The first-order valence-corrected chi connectivity index (χ1v) is 7.25. The Morgan fingerprint density at radius 1 is 1.42 bits per heavy atom. The second-order valence-corrected chi connectivity index (χ2v) is 5.58. The molecule has 3 aromatic rings. The Hall–Kier alpha value is -1.46. The molecule has 2 heterocycles. The molecule has 0 saturated carbocycles. The monoisotopic (exact) mass is 333 g/mol. The number of aromatic amines is 1. The zero-order valence-electron chi connectivity index (χ0n) is 10.4. The Morgan fingerprint density at radius 3 is 3.05 bits per heavy atom.